The number of methoxy groups -OCH3 is 1. The Hall–Kier alpha value is -2.20. The fourth-order valence-electron chi connectivity index (χ4n) is 3.74. The molecule has 0 spiro atoms. The maximum Gasteiger partial charge on any atom is 0.280 e. The molecule has 3 heterocycles. The first-order chi connectivity index (χ1) is 15.0. The van der Waals surface area contributed by atoms with Gasteiger partial charge in [-0.2, -0.15) is 5.10 Å². The fourth-order valence-corrected chi connectivity index (χ4v) is 4.71. The molecular formula is C22H30ClN5O3S. The first-order valence-corrected chi connectivity index (χ1v) is 11.4. The minimum Gasteiger partial charge on any atom is -0.497 e. The Morgan fingerprint density at radius 2 is 2.03 bits per heavy atom. The molecule has 1 aromatic carbocycles. The van der Waals surface area contributed by atoms with Crippen molar-refractivity contribution in [2.75, 3.05) is 51.4 Å². The van der Waals surface area contributed by atoms with Crippen LogP contribution < -0.4 is 9.64 Å². The van der Waals surface area contributed by atoms with E-state index in [9.17, 15) is 4.79 Å². The van der Waals surface area contributed by atoms with Crippen LogP contribution in [0.25, 0.3) is 10.2 Å². The Balaban J connectivity index is 0.00000289. The van der Waals surface area contributed by atoms with Gasteiger partial charge in [0.25, 0.3) is 5.91 Å². The molecule has 10 heteroatoms. The third-order valence-corrected chi connectivity index (χ3v) is 6.49. The number of thiazole rings is 1. The predicted octanol–water partition coefficient (Wildman–Crippen LogP) is 3.79. The molecule has 174 valence electrons. The van der Waals surface area contributed by atoms with E-state index in [1.165, 1.54) is 11.3 Å². The summed E-state index contributed by atoms with van der Waals surface area (Å²) in [4.78, 5) is 22.4. The highest BCUT2D eigenvalue weighted by atomic mass is 35.5. The second-order valence-corrected chi connectivity index (χ2v) is 8.96. The minimum atomic E-state index is -0.123. The zero-order chi connectivity index (χ0) is 22.0. The average molecular weight is 480 g/mol. The lowest BCUT2D eigenvalue weighted by Crippen LogP contribution is -2.43. The number of hydrogen-bond acceptors (Lipinski definition) is 7. The third-order valence-electron chi connectivity index (χ3n) is 5.43. The van der Waals surface area contributed by atoms with E-state index in [2.05, 4.69) is 23.8 Å². The number of halogens is 1. The number of nitrogens with zero attached hydrogens (tertiary/aromatic N) is 5. The Kier molecular flexibility index (Phi) is 8.10. The van der Waals surface area contributed by atoms with Crippen LogP contribution in [0.1, 0.15) is 36.1 Å². The summed E-state index contributed by atoms with van der Waals surface area (Å²) < 4.78 is 13.7. The quantitative estimate of drug-likeness (QED) is 0.513. The smallest absolute Gasteiger partial charge is 0.280 e. The number of morpholine rings is 1. The fraction of sp³-hybridized carbons (Fsp3) is 0.500. The molecule has 4 rings (SSSR count). The van der Waals surface area contributed by atoms with Gasteiger partial charge < -0.3 is 9.47 Å². The summed E-state index contributed by atoms with van der Waals surface area (Å²) in [6.45, 7) is 10.6. The summed E-state index contributed by atoms with van der Waals surface area (Å²) in [6, 6.07) is 7.85. The van der Waals surface area contributed by atoms with Crippen molar-refractivity contribution in [3.8, 4) is 5.75 Å². The molecule has 32 heavy (non-hydrogen) atoms. The van der Waals surface area contributed by atoms with Crippen LogP contribution in [0.15, 0.2) is 24.3 Å². The molecule has 1 saturated heterocycles. The van der Waals surface area contributed by atoms with Crippen LogP contribution in [0.2, 0.25) is 0 Å². The van der Waals surface area contributed by atoms with Crippen LogP contribution in [0.4, 0.5) is 5.13 Å². The van der Waals surface area contributed by atoms with E-state index in [0.717, 1.165) is 54.5 Å². The average Bonchev–Trinajstić information content (AvgIpc) is 3.37. The molecule has 0 aliphatic carbocycles. The Morgan fingerprint density at radius 1 is 1.28 bits per heavy atom. The van der Waals surface area contributed by atoms with Crippen LogP contribution in [0, 0.1) is 6.92 Å². The summed E-state index contributed by atoms with van der Waals surface area (Å²) in [5, 5.41) is 5.26. The number of carbonyl (C=O) groups excluding carboxylic acids is 1. The normalized spacial score (nSPS) is 14.5. The number of amides is 1. The Bertz CT molecular complexity index is 1060. The number of benzene rings is 1. The highest BCUT2D eigenvalue weighted by Crippen LogP contribution is 2.32. The molecule has 0 bridgehead atoms. The van der Waals surface area contributed by atoms with Crippen LogP contribution in [-0.2, 0) is 4.74 Å². The summed E-state index contributed by atoms with van der Waals surface area (Å²) >= 11 is 1.51. The summed E-state index contributed by atoms with van der Waals surface area (Å²) in [6.07, 6.45) is 0. The van der Waals surface area contributed by atoms with Crippen LogP contribution in [0.5, 0.6) is 5.75 Å². The second kappa shape index (κ2) is 10.6. The number of anilines is 1. The van der Waals surface area contributed by atoms with Crippen LogP contribution >= 0.6 is 23.7 Å². The number of fused-ring (bicyclic) bond motifs is 1. The predicted molar refractivity (Wildman–Crippen MR) is 130 cm³/mol. The third kappa shape index (κ3) is 5.23. The lowest BCUT2D eigenvalue weighted by atomic mass is 10.3. The summed E-state index contributed by atoms with van der Waals surface area (Å²) in [7, 11) is 1.64. The second-order valence-electron chi connectivity index (χ2n) is 7.95. The van der Waals surface area contributed by atoms with Crippen molar-refractivity contribution in [3.63, 3.8) is 0 Å². The highest BCUT2D eigenvalue weighted by Gasteiger charge is 2.25. The van der Waals surface area contributed by atoms with E-state index in [1.807, 2.05) is 35.9 Å². The minimum absolute atomic E-state index is 0. The molecule has 0 atom stereocenters. The largest absolute Gasteiger partial charge is 0.497 e. The summed E-state index contributed by atoms with van der Waals surface area (Å²) in [5.74, 6) is 0.628. The summed E-state index contributed by atoms with van der Waals surface area (Å²) in [5.41, 5.74) is 2.25. The molecule has 0 unspecified atom stereocenters. The number of hydrogen-bond donors (Lipinski definition) is 0. The van der Waals surface area contributed by atoms with Gasteiger partial charge in [0.05, 0.1) is 30.5 Å². The first kappa shape index (κ1) is 24.4. The Labute approximate surface area is 198 Å². The maximum absolute atomic E-state index is 13.6. The van der Waals surface area contributed by atoms with E-state index in [0.29, 0.717) is 17.4 Å². The first-order valence-electron chi connectivity index (χ1n) is 10.6. The van der Waals surface area contributed by atoms with E-state index < -0.39 is 0 Å². The molecule has 0 saturated carbocycles. The molecule has 0 radical (unpaired) electrons. The molecule has 1 amide bonds. The number of aromatic nitrogens is 3. The van der Waals surface area contributed by atoms with Gasteiger partial charge in [0, 0.05) is 44.0 Å². The van der Waals surface area contributed by atoms with Gasteiger partial charge in [-0.25, -0.2) is 4.98 Å². The van der Waals surface area contributed by atoms with Gasteiger partial charge >= 0.3 is 0 Å². The lowest BCUT2D eigenvalue weighted by molar-refractivity contribution is 0.0391. The number of rotatable bonds is 7. The SMILES string of the molecule is COc1ccc2sc(N(CCN3CCOCC3)C(=O)c3cc(C)n(C(C)C)n3)nc2c1.Cl. The van der Waals surface area contributed by atoms with Crippen molar-refractivity contribution in [2.45, 2.75) is 26.8 Å². The molecule has 3 aromatic rings. The van der Waals surface area contributed by atoms with Gasteiger partial charge in [-0.3, -0.25) is 19.3 Å². The number of aryl methyl sites for hydroxylation is 1. The van der Waals surface area contributed by atoms with Crippen molar-refractivity contribution in [1.82, 2.24) is 19.7 Å². The van der Waals surface area contributed by atoms with Gasteiger partial charge in [0.2, 0.25) is 0 Å². The molecule has 0 N–H and O–H groups in total. The van der Waals surface area contributed by atoms with Crippen molar-refractivity contribution in [1.29, 1.82) is 0 Å². The van der Waals surface area contributed by atoms with Gasteiger partial charge in [0.15, 0.2) is 10.8 Å². The standard InChI is InChI=1S/C22H29N5O3S.ClH/c1-15(2)27-16(3)13-19(24-27)21(28)26(8-7-25-9-11-30-12-10-25)22-23-18-14-17(29-4)5-6-20(18)31-22;/h5-6,13-15H,7-12H2,1-4H3;1H. The van der Waals surface area contributed by atoms with Gasteiger partial charge in [-0.1, -0.05) is 11.3 Å². The van der Waals surface area contributed by atoms with Gasteiger partial charge in [0.1, 0.15) is 5.75 Å². The molecule has 8 nitrogen and oxygen atoms in total. The van der Waals surface area contributed by atoms with Crippen LogP contribution in [-0.4, -0.2) is 72.1 Å². The number of ether oxygens (including phenoxy) is 2. The van der Waals surface area contributed by atoms with Crippen molar-refractivity contribution in [2.24, 2.45) is 0 Å². The molecule has 1 aliphatic rings. The van der Waals surface area contributed by atoms with Crippen molar-refractivity contribution < 1.29 is 14.3 Å². The topological polar surface area (TPSA) is 72.7 Å². The molecule has 1 fully saturated rings. The van der Waals surface area contributed by atoms with E-state index in [-0.39, 0.29) is 24.4 Å². The zero-order valence-corrected chi connectivity index (χ0v) is 20.5. The Morgan fingerprint density at radius 3 is 2.69 bits per heavy atom. The monoisotopic (exact) mass is 479 g/mol. The van der Waals surface area contributed by atoms with Gasteiger partial charge in [-0.15, -0.1) is 12.4 Å². The highest BCUT2D eigenvalue weighted by molar-refractivity contribution is 7.22. The lowest BCUT2D eigenvalue weighted by Gasteiger charge is -2.29. The zero-order valence-electron chi connectivity index (χ0n) is 18.9. The van der Waals surface area contributed by atoms with E-state index >= 15 is 0 Å². The molecule has 1 aliphatic heterocycles. The van der Waals surface area contributed by atoms with Crippen molar-refractivity contribution in [3.05, 3.63) is 35.7 Å². The molecule has 2 aromatic heterocycles. The molecular weight excluding hydrogens is 450 g/mol. The van der Waals surface area contributed by atoms with E-state index in [4.69, 9.17) is 14.5 Å². The number of carbonyl (C=O) groups is 1. The maximum atomic E-state index is 13.6. The van der Waals surface area contributed by atoms with Crippen molar-refractivity contribution >= 4 is 45.0 Å². The van der Waals surface area contributed by atoms with Gasteiger partial charge in [-0.05, 0) is 39.0 Å². The van der Waals surface area contributed by atoms with E-state index in [1.54, 1.807) is 12.0 Å². The van der Waals surface area contributed by atoms with Crippen LogP contribution in [0.3, 0.4) is 0 Å².